The van der Waals surface area contributed by atoms with Crippen molar-refractivity contribution in [3.05, 3.63) is 23.7 Å². The molecule has 110 valence electrons. The molecule has 0 saturated heterocycles. The van der Waals surface area contributed by atoms with Crippen LogP contribution in [0.2, 0.25) is 0 Å². The van der Waals surface area contributed by atoms with Gasteiger partial charge >= 0.3 is 5.97 Å². The third-order valence-electron chi connectivity index (χ3n) is 3.64. The summed E-state index contributed by atoms with van der Waals surface area (Å²) in [5.74, 6) is -1.78. The van der Waals surface area contributed by atoms with E-state index in [1.165, 1.54) is 18.6 Å². The number of carbonyl (C=O) groups is 2. The van der Waals surface area contributed by atoms with Gasteiger partial charge < -0.3 is 19.5 Å². The molecule has 2 rings (SSSR count). The number of amides is 1. The Morgan fingerprint density at radius 3 is 2.40 bits per heavy atom. The number of aromatic carboxylic acids is 1. The molecule has 1 fully saturated rings. The number of aliphatic hydroxyl groups is 1. The molecule has 0 aromatic carbocycles. The molecule has 6 heteroatoms. The second-order valence-electron chi connectivity index (χ2n) is 4.98. The Hall–Kier alpha value is -1.82. The Morgan fingerprint density at radius 2 is 1.85 bits per heavy atom. The molecule has 20 heavy (non-hydrogen) atoms. The standard InChI is InChI=1S/C14H19NO5/c16-9-8-15(10-4-2-1-3-5-10)13(17)11-6-7-12(20-11)14(18)19/h6-7,10,16H,1-5,8-9H2,(H,18,19). The molecule has 0 spiro atoms. The molecule has 1 aliphatic carbocycles. The van der Waals surface area contributed by atoms with Crippen molar-refractivity contribution in [2.45, 2.75) is 38.1 Å². The van der Waals surface area contributed by atoms with Gasteiger partial charge in [-0.05, 0) is 25.0 Å². The first-order valence-corrected chi connectivity index (χ1v) is 6.88. The van der Waals surface area contributed by atoms with Gasteiger partial charge in [-0.3, -0.25) is 4.79 Å². The summed E-state index contributed by atoms with van der Waals surface area (Å²) in [5, 5.41) is 17.9. The molecule has 1 heterocycles. The summed E-state index contributed by atoms with van der Waals surface area (Å²) in [5.41, 5.74) is 0. The molecular formula is C14H19NO5. The maximum absolute atomic E-state index is 12.4. The second-order valence-corrected chi connectivity index (χ2v) is 4.98. The Balaban J connectivity index is 2.14. The van der Waals surface area contributed by atoms with E-state index in [1.807, 2.05) is 0 Å². The first-order valence-electron chi connectivity index (χ1n) is 6.88. The topological polar surface area (TPSA) is 91.0 Å². The van der Waals surface area contributed by atoms with E-state index in [2.05, 4.69) is 0 Å². The van der Waals surface area contributed by atoms with Gasteiger partial charge in [0.05, 0.1) is 6.61 Å². The van der Waals surface area contributed by atoms with E-state index in [0.717, 1.165) is 25.7 Å². The van der Waals surface area contributed by atoms with Crippen LogP contribution < -0.4 is 0 Å². The van der Waals surface area contributed by atoms with Crippen LogP contribution in [0.1, 0.15) is 53.2 Å². The summed E-state index contributed by atoms with van der Waals surface area (Å²) in [6.07, 6.45) is 5.13. The molecule has 1 aromatic rings. The summed E-state index contributed by atoms with van der Waals surface area (Å²) in [6.45, 7) is 0.126. The number of carboxylic acids is 1. The average molecular weight is 281 g/mol. The number of furan rings is 1. The highest BCUT2D eigenvalue weighted by atomic mass is 16.4. The molecular weight excluding hydrogens is 262 g/mol. The predicted molar refractivity (Wildman–Crippen MR) is 70.7 cm³/mol. The second kappa shape index (κ2) is 6.56. The highest BCUT2D eigenvalue weighted by molar-refractivity contribution is 5.93. The monoisotopic (exact) mass is 281 g/mol. The van der Waals surface area contributed by atoms with Gasteiger partial charge in [-0.25, -0.2) is 4.79 Å². The van der Waals surface area contributed by atoms with Crippen molar-refractivity contribution >= 4 is 11.9 Å². The van der Waals surface area contributed by atoms with E-state index < -0.39 is 5.97 Å². The van der Waals surface area contributed by atoms with Crippen LogP contribution in [0.25, 0.3) is 0 Å². The van der Waals surface area contributed by atoms with Crippen LogP contribution in [0, 0.1) is 0 Å². The molecule has 0 aliphatic heterocycles. The van der Waals surface area contributed by atoms with Gasteiger partial charge in [-0.15, -0.1) is 0 Å². The molecule has 0 atom stereocenters. The Labute approximate surface area is 117 Å². The number of carbonyl (C=O) groups excluding carboxylic acids is 1. The van der Waals surface area contributed by atoms with Crippen LogP contribution in [0.3, 0.4) is 0 Å². The Bertz CT molecular complexity index is 476. The van der Waals surface area contributed by atoms with Crippen molar-refractivity contribution in [2.75, 3.05) is 13.2 Å². The molecule has 0 unspecified atom stereocenters. The van der Waals surface area contributed by atoms with Crippen molar-refractivity contribution in [1.82, 2.24) is 4.90 Å². The van der Waals surface area contributed by atoms with Crippen molar-refractivity contribution in [3.8, 4) is 0 Å². The van der Waals surface area contributed by atoms with Gasteiger partial charge in [0.1, 0.15) is 0 Å². The van der Waals surface area contributed by atoms with Crippen LogP contribution in [0.15, 0.2) is 16.5 Å². The minimum atomic E-state index is -1.20. The normalized spacial score (nSPS) is 16.1. The third-order valence-corrected chi connectivity index (χ3v) is 3.64. The average Bonchev–Trinajstić information content (AvgIpc) is 2.95. The van der Waals surface area contributed by atoms with Gasteiger partial charge in [0.15, 0.2) is 5.76 Å². The zero-order chi connectivity index (χ0) is 14.5. The summed E-state index contributed by atoms with van der Waals surface area (Å²) >= 11 is 0. The lowest BCUT2D eigenvalue weighted by Gasteiger charge is -2.33. The number of nitrogens with zero attached hydrogens (tertiary/aromatic N) is 1. The largest absolute Gasteiger partial charge is 0.475 e. The van der Waals surface area contributed by atoms with E-state index in [1.54, 1.807) is 4.90 Å². The maximum atomic E-state index is 12.4. The lowest BCUT2D eigenvalue weighted by atomic mass is 9.94. The smallest absolute Gasteiger partial charge is 0.371 e. The predicted octanol–water partition coefficient (Wildman–Crippen LogP) is 1.75. The fraction of sp³-hybridized carbons (Fsp3) is 0.571. The number of carboxylic acid groups (broad SMARTS) is 1. The summed E-state index contributed by atoms with van der Waals surface area (Å²) in [4.78, 5) is 24.8. The van der Waals surface area contributed by atoms with Crippen molar-refractivity contribution in [1.29, 1.82) is 0 Å². The number of aliphatic hydroxyl groups excluding tert-OH is 1. The molecule has 2 N–H and O–H groups in total. The Kier molecular flexibility index (Phi) is 4.79. The van der Waals surface area contributed by atoms with E-state index in [0.29, 0.717) is 0 Å². The highest BCUT2D eigenvalue weighted by Gasteiger charge is 2.28. The molecule has 0 radical (unpaired) electrons. The molecule has 0 bridgehead atoms. The molecule has 1 amide bonds. The fourth-order valence-electron chi connectivity index (χ4n) is 2.66. The third kappa shape index (κ3) is 3.19. The van der Waals surface area contributed by atoms with E-state index in [4.69, 9.17) is 14.6 Å². The van der Waals surface area contributed by atoms with Gasteiger partial charge in [0.25, 0.3) is 5.91 Å². The van der Waals surface area contributed by atoms with E-state index >= 15 is 0 Å². The first-order chi connectivity index (χ1) is 9.63. The van der Waals surface area contributed by atoms with Crippen LogP contribution in [-0.4, -0.2) is 46.2 Å². The number of hydrogen-bond donors (Lipinski definition) is 2. The maximum Gasteiger partial charge on any atom is 0.371 e. The lowest BCUT2D eigenvalue weighted by molar-refractivity contribution is 0.0545. The summed E-state index contributed by atoms with van der Waals surface area (Å²) < 4.78 is 5.05. The van der Waals surface area contributed by atoms with Crippen LogP contribution in [0.5, 0.6) is 0 Å². The van der Waals surface area contributed by atoms with Crippen LogP contribution in [0.4, 0.5) is 0 Å². The SMILES string of the molecule is O=C(O)c1ccc(C(=O)N(CCO)C2CCCCC2)o1. The fourth-order valence-corrected chi connectivity index (χ4v) is 2.66. The van der Waals surface area contributed by atoms with Crippen LogP contribution >= 0.6 is 0 Å². The number of rotatable bonds is 5. The minimum Gasteiger partial charge on any atom is -0.475 e. The van der Waals surface area contributed by atoms with Gasteiger partial charge in [-0.1, -0.05) is 19.3 Å². The minimum absolute atomic E-state index is 0.0152. The Morgan fingerprint density at radius 1 is 1.20 bits per heavy atom. The summed E-state index contributed by atoms with van der Waals surface area (Å²) in [7, 11) is 0. The molecule has 1 saturated carbocycles. The van der Waals surface area contributed by atoms with Gasteiger partial charge in [0.2, 0.25) is 5.76 Å². The van der Waals surface area contributed by atoms with E-state index in [9.17, 15) is 9.59 Å². The van der Waals surface area contributed by atoms with Gasteiger partial charge in [0, 0.05) is 12.6 Å². The summed E-state index contributed by atoms with van der Waals surface area (Å²) in [6, 6.07) is 2.74. The van der Waals surface area contributed by atoms with E-state index in [-0.39, 0.29) is 36.6 Å². The zero-order valence-corrected chi connectivity index (χ0v) is 11.2. The quantitative estimate of drug-likeness (QED) is 0.858. The van der Waals surface area contributed by atoms with Crippen LogP contribution in [-0.2, 0) is 0 Å². The molecule has 1 aliphatic rings. The van der Waals surface area contributed by atoms with Crippen molar-refractivity contribution in [3.63, 3.8) is 0 Å². The van der Waals surface area contributed by atoms with Crippen molar-refractivity contribution < 1.29 is 24.2 Å². The first kappa shape index (κ1) is 14.6. The lowest BCUT2D eigenvalue weighted by Crippen LogP contribution is -2.43. The zero-order valence-electron chi connectivity index (χ0n) is 11.2. The highest BCUT2D eigenvalue weighted by Crippen LogP contribution is 2.24. The number of hydrogen-bond acceptors (Lipinski definition) is 4. The molecule has 6 nitrogen and oxygen atoms in total. The molecule has 1 aromatic heterocycles. The van der Waals surface area contributed by atoms with Gasteiger partial charge in [-0.2, -0.15) is 0 Å². The van der Waals surface area contributed by atoms with Crippen molar-refractivity contribution in [2.24, 2.45) is 0 Å².